The van der Waals surface area contributed by atoms with Crippen LogP contribution in [0.25, 0.3) is 0 Å². The normalized spacial score (nSPS) is 19.3. The zero-order valence-electron chi connectivity index (χ0n) is 13.7. The van der Waals surface area contributed by atoms with Gasteiger partial charge in [0.1, 0.15) is 5.75 Å². The summed E-state index contributed by atoms with van der Waals surface area (Å²) in [5.41, 5.74) is 0.707. The molecule has 23 heavy (non-hydrogen) atoms. The summed E-state index contributed by atoms with van der Waals surface area (Å²) < 4.78 is 5.11. The fraction of sp³-hybridized carbons (Fsp3) is 0.556. The molecule has 124 valence electrons. The van der Waals surface area contributed by atoms with Gasteiger partial charge < -0.3 is 9.64 Å². The van der Waals surface area contributed by atoms with E-state index in [1.807, 2.05) is 17.0 Å². The maximum absolute atomic E-state index is 12.3. The number of ether oxygens (including phenoxy) is 1. The highest BCUT2D eigenvalue weighted by Gasteiger charge is 2.31. The summed E-state index contributed by atoms with van der Waals surface area (Å²) >= 11 is 0. The van der Waals surface area contributed by atoms with Gasteiger partial charge in [0.15, 0.2) is 5.78 Å². The minimum Gasteiger partial charge on any atom is -0.497 e. The van der Waals surface area contributed by atoms with Gasteiger partial charge in [-0.1, -0.05) is 6.42 Å². The second kappa shape index (κ2) is 7.13. The number of piperazine rings is 1. The summed E-state index contributed by atoms with van der Waals surface area (Å²) in [6, 6.07) is 7.22. The van der Waals surface area contributed by atoms with Crippen molar-refractivity contribution in [1.29, 1.82) is 0 Å². The number of hydrogen-bond donors (Lipinski definition) is 0. The lowest BCUT2D eigenvalue weighted by atomic mass is 9.84. The molecule has 2 aliphatic rings. The van der Waals surface area contributed by atoms with Crippen LogP contribution in [0, 0.1) is 5.92 Å². The van der Waals surface area contributed by atoms with E-state index in [2.05, 4.69) is 4.90 Å². The lowest BCUT2D eigenvalue weighted by Gasteiger charge is -2.38. The first-order valence-electron chi connectivity index (χ1n) is 8.36. The number of carbonyl (C=O) groups excluding carboxylic acids is 2. The van der Waals surface area contributed by atoms with Crippen molar-refractivity contribution < 1.29 is 14.3 Å². The van der Waals surface area contributed by atoms with Gasteiger partial charge in [0.2, 0.25) is 5.91 Å². The van der Waals surface area contributed by atoms with Crippen molar-refractivity contribution in [3.8, 4) is 5.75 Å². The maximum atomic E-state index is 12.3. The van der Waals surface area contributed by atoms with E-state index in [4.69, 9.17) is 4.74 Å². The van der Waals surface area contributed by atoms with E-state index in [0.717, 1.165) is 44.8 Å². The molecule has 0 unspecified atom stereocenters. The summed E-state index contributed by atoms with van der Waals surface area (Å²) in [5.74, 6) is 1.45. The van der Waals surface area contributed by atoms with Crippen LogP contribution in [-0.2, 0) is 4.79 Å². The first-order valence-corrected chi connectivity index (χ1v) is 8.36. The predicted molar refractivity (Wildman–Crippen MR) is 87.7 cm³/mol. The third-order valence-electron chi connectivity index (χ3n) is 4.92. The average Bonchev–Trinajstić information content (AvgIpc) is 2.54. The molecule has 0 bridgehead atoms. The number of amides is 1. The minimum absolute atomic E-state index is 0.117. The summed E-state index contributed by atoms with van der Waals surface area (Å²) in [4.78, 5) is 28.7. The molecule has 1 aliphatic heterocycles. The van der Waals surface area contributed by atoms with Crippen molar-refractivity contribution in [3.05, 3.63) is 29.8 Å². The minimum atomic E-state index is 0.117. The number of rotatable bonds is 5. The first-order chi connectivity index (χ1) is 11.2. The highest BCUT2D eigenvalue weighted by Crippen LogP contribution is 2.28. The summed E-state index contributed by atoms with van der Waals surface area (Å²) in [5, 5.41) is 0. The summed E-state index contributed by atoms with van der Waals surface area (Å²) in [6.45, 7) is 3.45. The number of Topliss-reactive ketones (excluding diaryl/α,β-unsaturated/α-hetero) is 1. The van der Waals surface area contributed by atoms with Gasteiger partial charge in [-0.05, 0) is 37.1 Å². The third-order valence-corrected chi connectivity index (χ3v) is 4.92. The molecule has 0 N–H and O–H groups in total. The quantitative estimate of drug-likeness (QED) is 0.778. The Morgan fingerprint density at radius 2 is 1.74 bits per heavy atom. The number of ketones is 1. The Morgan fingerprint density at radius 1 is 1.09 bits per heavy atom. The molecule has 1 amide bonds. The van der Waals surface area contributed by atoms with Gasteiger partial charge in [0.25, 0.3) is 0 Å². The van der Waals surface area contributed by atoms with Gasteiger partial charge in [-0.2, -0.15) is 0 Å². The van der Waals surface area contributed by atoms with Crippen LogP contribution in [-0.4, -0.2) is 61.3 Å². The average molecular weight is 316 g/mol. The van der Waals surface area contributed by atoms with E-state index in [0.29, 0.717) is 18.0 Å². The summed E-state index contributed by atoms with van der Waals surface area (Å²) in [6.07, 6.45) is 3.29. The second-order valence-corrected chi connectivity index (χ2v) is 6.38. The van der Waals surface area contributed by atoms with Crippen molar-refractivity contribution >= 4 is 11.7 Å². The predicted octanol–water partition coefficient (Wildman–Crippen LogP) is 1.82. The molecule has 1 saturated carbocycles. The Kier molecular flexibility index (Phi) is 4.96. The number of methoxy groups -OCH3 is 1. The van der Waals surface area contributed by atoms with Crippen LogP contribution < -0.4 is 4.74 Å². The monoisotopic (exact) mass is 316 g/mol. The fourth-order valence-electron chi connectivity index (χ4n) is 3.11. The van der Waals surface area contributed by atoms with Gasteiger partial charge >= 0.3 is 0 Å². The van der Waals surface area contributed by atoms with Gasteiger partial charge in [-0.3, -0.25) is 14.5 Å². The molecule has 0 spiro atoms. The molecule has 1 aromatic rings. The van der Waals surface area contributed by atoms with Crippen molar-refractivity contribution in [2.75, 3.05) is 39.8 Å². The number of benzene rings is 1. The van der Waals surface area contributed by atoms with Gasteiger partial charge in [0, 0.05) is 37.7 Å². The van der Waals surface area contributed by atoms with Crippen LogP contribution in [0.5, 0.6) is 5.75 Å². The molecule has 0 atom stereocenters. The van der Waals surface area contributed by atoms with E-state index in [-0.39, 0.29) is 11.7 Å². The van der Waals surface area contributed by atoms with E-state index >= 15 is 0 Å². The highest BCUT2D eigenvalue weighted by atomic mass is 16.5. The molecule has 5 nitrogen and oxygen atoms in total. The zero-order chi connectivity index (χ0) is 16.2. The zero-order valence-corrected chi connectivity index (χ0v) is 13.7. The van der Waals surface area contributed by atoms with Gasteiger partial charge in [0.05, 0.1) is 13.7 Å². The van der Waals surface area contributed by atoms with Crippen molar-refractivity contribution in [2.45, 2.75) is 19.3 Å². The molecular formula is C18H24N2O3. The SMILES string of the molecule is COc1ccc(C(=O)CN2CCN(C(=O)C3CCC3)CC2)cc1. The second-order valence-electron chi connectivity index (χ2n) is 6.38. The Balaban J connectivity index is 1.47. The standard InChI is InChI=1S/C18H24N2O3/c1-23-16-7-5-14(6-8-16)17(21)13-19-9-11-20(12-10-19)18(22)15-3-2-4-15/h5-8,15H,2-4,9-13H2,1H3. The lowest BCUT2D eigenvalue weighted by molar-refractivity contribution is -0.139. The van der Waals surface area contributed by atoms with E-state index in [9.17, 15) is 9.59 Å². The number of hydrogen-bond acceptors (Lipinski definition) is 4. The fourth-order valence-corrected chi connectivity index (χ4v) is 3.11. The molecule has 3 rings (SSSR count). The third kappa shape index (κ3) is 3.72. The van der Waals surface area contributed by atoms with E-state index in [1.165, 1.54) is 6.42 Å². The van der Waals surface area contributed by atoms with E-state index in [1.54, 1.807) is 19.2 Å². The Morgan fingerprint density at radius 3 is 2.26 bits per heavy atom. The van der Waals surface area contributed by atoms with Gasteiger partial charge in [-0.25, -0.2) is 0 Å². The molecular weight excluding hydrogens is 292 g/mol. The molecule has 2 fully saturated rings. The number of carbonyl (C=O) groups is 2. The Bertz CT molecular complexity index is 558. The van der Waals surface area contributed by atoms with Crippen LogP contribution >= 0.6 is 0 Å². The Hall–Kier alpha value is -1.88. The van der Waals surface area contributed by atoms with Crippen molar-refractivity contribution in [3.63, 3.8) is 0 Å². The number of nitrogens with zero attached hydrogens (tertiary/aromatic N) is 2. The maximum Gasteiger partial charge on any atom is 0.225 e. The van der Waals surface area contributed by atoms with E-state index < -0.39 is 0 Å². The highest BCUT2D eigenvalue weighted by molar-refractivity contribution is 5.97. The van der Waals surface area contributed by atoms with Crippen LogP contribution in [0.2, 0.25) is 0 Å². The molecule has 5 heteroatoms. The molecule has 1 aromatic carbocycles. The largest absolute Gasteiger partial charge is 0.497 e. The topological polar surface area (TPSA) is 49.9 Å². The van der Waals surface area contributed by atoms with Crippen molar-refractivity contribution in [2.24, 2.45) is 5.92 Å². The Labute approximate surface area is 137 Å². The lowest BCUT2D eigenvalue weighted by Crippen LogP contribution is -2.52. The van der Waals surface area contributed by atoms with Crippen LogP contribution in [0.3, 0.4) is 0 Å². The molecule has 1 heterocycles. The smallest absolute Gasteiger partial charge is 0.225 e. The van der Waals surface area contributed by atoms with Crippen LogP contribution in [0.4, 0.5) is 0 Å². The van der Waals surface area contributed by atoms with Crippen LogP contribution in [0.15, 0.2) is 24.3 Å². The first kappa shape index (κ1) is 16.0. The molecule has 1 saturated heterocycles. The van der Waals surface area contributed by atoms with Crippen LogP contribution in [0.1, 0.15) is 29.6 Å². The van der Waals surface area contributed by atoms with Crippen molar-refractivity contribution in [1.82, 2.24) is 9.80 Å². The molecule has 1 aliphatic carbocycles. The molecule has 0 aromatic heterocycles. The summed E-state index contributed by atoms with van der Waals surface area (Å²) in [7, 11) is 1.61. The molecule has 0 radical (unpaired) electrons. The van der Waals surface area contributed by atoms with Gasteiger partial charge in [-0.15, -0.1) is 0 Å².